The normalized spacial score (nSPS) is 18.4. The lowest BCUT2D eigenvalue weighted by molar-refractivity contribution is -0.129. The number of fused-ring (bicyclic) bond motifs is 1. The number of alkyl halides is 3. The minimum atomic E-state index is -6.14. The number of hydrogen-bond acceptors (Lipinski definition) is 5. The van der Waals surface area contributed by atoms with Crippen LogP contribution in [0.3, 0.4) is 0 Å². The average Bonchev–Trinajstić information content (AvgIpc) is 3.79. The Morgan fingerprint density at radius 3 is 1.77 bits per heavy atom. The topological polar surface area (TPSA) is 66.7 Å². The van der Waals surface area contributed by atoms with E-state index in [4.69, 9.17) is 0 Å². The molecular formula is C32H24F4N2O4S. The summed E-state index contributed by atoms with van der Waals surface area (Å²) >= 11 is 0. The van der Waals surface area contributed by atoms with E-state index in [1.165, 1.54) is 12.1 Å². The number of rotatable bonds is 7. The summed E-state index contributed by atoms with van der Waals surface area (Å²) in [7, 11) is -6.14. The molecule has 220 valence electrons. The molecule has 0 radical (unpaired) electrons. The highest BCUT2D eigenvalue weighted by molar-refractivity contribution is 7.87. The van der Waals surface area contributed by atoms with Crippen molar-refractivity contribution >= 4 is 21.8 Å². The molecule has 11 heteroatoms. The van der Waals surface area contributed by atoms with Crippen molar-refractivity contribution in [2.45, 2.75) is 23.6 Å². The third kappa shape index (κ3) is 4.98. The van der Waals surface area contributed by atoms with Gasteiger partial charge in [0.15, 0.2) is 5.76 Å². The molecule has 4 aromatic carbocycles. The quantitative estimate of drug-likeness (QED) is 0.0846. The molecule has 1 saturated heterocycles. The Balaban J connectivity index is 1.43. The molecule has 0 bridgehead atoms. The van der Waals surface area contributed by atoms with Gasteiger partial charge in [-0.1, -0.05) is 103 Å². The van der Waals surface area contributed by atoms with E-state index in [1.807, 2.05) is 95.9 Å². The van der Waals surface area contributed by atoms with E-state index in [9.17, 15) is 30.8 Å². The summed E-state index contributed by atoms with van der Waals surface area (Å²) < 4.78 is 82.6. The standard InChI is InChI=1S/C32H24F4N2O4S/c33-26-18-10-11-22-19-37(21-28(29(22)26)42-43(40,41)32(34,35)36)30(39)27-20-38(27)31(23-12-4-1-5-13-23,24-14-6-2-7-15-24)25-16-8-3-9-17-25/h1-18,21,27H,19-20H2/t27-,38?/m1/s1. The zero-order chi connectivity index (χ0) is 30.4. The highest BCUT2D eigenvalue weighted by atomic mass is 32.2. The van der Waals surface area contributed by atoms with Crippen LogP contribution in [-0.2, 0) is 31.2 Å². The molecule has 2 aliphatic heterocycles. The molecule has 2 heterocycles. The van der Waals surface area contributed by atoms with E-state index >= 15 is 0 Å². The molecule has 1 unspecified atom stereocenters. The second kappa shape index (κ2) is 10.7. The second-order valence-electron chi connectivity index (χ2n) is 10.2. The Morgan fingerprint density at radius 1 is 0.767 bits per heavy atom. The summed E-state index contributed by atoms with van der Waals surface area (Å²) in [4.78, 5) is 17.1. The summed E-state index contributed by atoms with van der Waals surface area (Å²) in [6.07, 6.45) is 0.836. The van der Waals surface area contributed by atoms with E-state index < -0.39 is 50.3 Å². The number of hydrogen-bond donors (Lipinski definition) is 0. The van der Waals surface area contributed by atoms with Crippen LogP contribution in [0, 0.1) is 5.82 Å². The molecule has 6 rings (SSSR count). The van der Waals surface area contributed by atoms with E-state index in [0.717, 1.165) is 33.9 Å². The Labute approximate surface area is 245 Å². The van der Waals surface area contributed by atoms with Gasteiger partial charge in [-0.2, -0.15) is 21.6 Å². The van der Waals surface area contributed by atoms with Gasteiger partial charge in [0, 0.05) is 6.54 Å². The minimum Gasteiger partial charge on any atom is -0.374 e. The first kappa shape index (κ1) is 28.6. The van der Waals surface area contributed by atoms with Crippen molar-refractivity contribution in [3.63, 3.8) is 0 Å². The minimum absolute atomic E-state index is 0.107. The van der Waals surface area contributed by atoms with Crippen LogP contribution in [-0.4, -0.2) is 42.2 Å². The van der Waals surface area contributed by atoms with Gasteiger partial charge in [0.05, 0.1) is 23.8 Å². The van der Waals surface area contributed by atoms with Gasteiger partial charge in [-0.25, -0.2) is 4.39 Å². The highest BCUT2D eigenvalue weighted by Gasteiger charge is 2.57. The smallest absolute Gasteiger partial charge is 0.374 e. The molecule has 43 heavy (non-hydrogen) atoms. The van der Waals surface area contributed by atoms with Crippen molar-refractivity contribution in [3.05, 3.63) is 149 Å². The molecule has 1 amide bonds. The number of amides is 1. The fraction of sp³-hybridized carbons (Fsp3) is 0.156. The Kier molecular flexibility index (Phi) is 7.10. The van der Waals surface area contributed by atoms with Crippen molar-refractivity contribution in [3.8, 4) is 0 Å². The van der Waals surface area contributed by atoms with Crippen molar-refractivity contribution in [2.75, 3.05) is 6.54 Å². The van der Waals surface area contributed by atoms with E-state index in [-0.39, 0.29) is 18.7 Å². The molecule has 4 aromatic rings. The average molecular weight is 609 g/mol. The SMILES string of the molecule is O=C([C@H]1CN1C(c1ccccc1)(c1ccccc1)c1ccccc1)N1C=C(OS(=O)(=O)C(F)(F)F)c2c(F)cccc2C1. The molecule has 0 N–H and O–H groups in total. The molecule has 0 saturated carbocycles. The van der Waals surface area contributed by atoms with Crippen molar-refractivity contribution in [2.24, 2.45) is 0 Å². The molecule has 0 aromatic heterocycles. The van der Waals surface area contributed by atoms with Gasteiger partial charge in [-0.3, -0.25) is 9.69 Å². The molecule has 0 aliphatic carbocycles. The Hall–Kier alpha value is -4.48. The first-order valence-corrected chi connectivity index (χ1v) is 14.7. The van der Waals surface area contributed by atoms with Crippen molar-refractivity contribution in [1.82, 2.24) is 9.80 Å². The summed E-state index contributed by atoms with van der Waals surface area (Å²) in [5, 5.41) is 0. The third-order valence-electron chi connectivity index (χ3n) is 7.63. The highest BCUT2D eigenvalue weighted by Crippen LogP contribution is 2.49. The van der Waals surface area contributed by atoms with Crippen LogP contribution in [0.4, 0.5) is 17.6 Å². The van der Waals surface area contributed by atoms with Gasteiger partial charge in [0.1, 0.15) is 11.9 Å². The maximum absolute atomic E-state index is 14.8. The van der Waals surface area contributed by atoms with Crippen molar-refractivity contribution < 1.29 is 35.0 Å². The second-order valence-corrected chi connectivity index (χ2v) is 11.7. The fourth-order valence-electron chi connectivity index (χ4n) is 5.73. The number of nitrogens with zero attached hydrogens (tertiary/aromatic N) is 2. The van der Waals surface area contributed by atoms with Crippen LogP contribution in [0.15, 0.2) is 115 Å². The molecule has 2 aliphatic rings. The monoisotopic (exact) mass is 608 g/mol. The van der Waals surface area contributed by atoms with Gasteiger partial charge in [-0.05, 0) is 28.3 Å². The lowest BCUT2D eigenvalue weighted by atomic mass is 9.76. The molecule has 2 atom stereocenters. The van der Waals surface area contributed by atoms with Crippen LogP contribution in [0.2, 0.25) is 0 Å². The van der Waals surface area contributed by atoms with Crippen LogP contribution in [0.5, 0.6) is 0 Å². The van der Waals surface area contributed by atoms with Gasteiger partial charge in [0.25, 0.3) is 0 Å². The van der Waals surface area contributed by atoms with E-state index in [0.29, 0.717) is 0 Å². The largest absolute Gasteiger partial charge is 0.534 e. The molecular weight excluding hydrogens is 584 g/mol. The molecule has 1 fully saturated rings. The predicted molar refractivity (Wildman–Crippen MR) is 151 cm³/mol. The van der Waals surface area contributed by atoms with E-state index in [2.05, 4.69) is 4.18 Å². The molecule has 6 nitrogen and oxygen atoms in total. The molecule has 0 spiro atoms. The number of carbonyl (C=O) groups is 1. The first-order valence-electron chi connectivity index (χ1n) is 13.3. The number of halogens is 4. The lowest BCUT2D eigenvalue weighted by Gasteiger charge is -2.38. The summed E-state index contributed by atoms with van der Waals surface area (Å²) in [5.41, 5.74) is -4.32. The number of benzene rings is 4. The van der Waals surface area contributed by atoms with Gasteiger partial charge < -0.3 is 9.08 Å². The Morgan fingerprint density at radius 2 is 1.28 bits per heavy atom. The van der Waals surface area contributed by atoms with Crippen LogP contribution in [0.1, 0.15) is 27.8 Å². The predicted octanol–water partition coefficient (Wildman–Crippen LogP) is 6.01. The lowest BCUT2D eigenvalue weighted by Crippen LogP contribution is -2.42. The zero-order valence-electron chi connectivity index (χ0n) is 22.4. The third-order valence-corrected chi connectivity index (χ3v) is 8.59. The Bertz CT molecular complexity index is 1700. The maximum atomic E-state index is 14.8. The van der Waals surface area contributed by atoms with E-state index in [1.54, 1.807) is 0 Å². The number of carbonyl (C=O) groups excluding carboxylic acids is 1. The van der Waals surface area contributed by atoms with Crippen molar-refractivity contribution in [1.29, 1.82) is 0 Å². The first-order chi connectivity index (χ1) is 20.5. The van der Waals surface area contributed by atoms with Crippen LogP contribution >= 0.6 is 0 Å². The van der Waals surface area contributed by atoms with Gasteiger partial charge in [-0.15, -0.1) is 0 Å². The zero-order valence-corrected chi connectivity index (χ0v) is 23.2. The van der Waals surface area contributed by atoms with Crippen LogP contribution in [0.25, 0.3) is 5.76 Å². The summed E-state index contributed by atoms with van der Waals surface area (Å²) in [6, 6.07) is 31.8. The maximum Gasteiger partial charge on any atom is 0.534 e. The van der Waals surface area contributed by atoms with Gasteiger partial charge >= 0.3 is 15.6 Å². The summed E-state index contributed by atoms with van der Waals surface area (Å²) in [6.45, 7) is 0.0963. The fourth-order valence-corrected chi connectivity index (χ4v) is 6.19. The van der Waals surface area contributed by atoms with Crippen LogP contribution < -0.4 is 0 Å². The van der Waals surface area contributed by atoms with Gasteiger partial charge in [0.2, 0.25) is 5.91 Å². The summed E-state index contributed by atoms with van der Waals surface area (Å²) in [5.74, 6) is -2.40.